The molecule has 30 heavy (non-hydrogen) atoms. The number of nitrogens with zero attached hydrogens (tertiary/aromatic N) is 3. The van der Waals surface area contributed by atoms with Crippen LogP contribution in [0.4, 0.5) is 0 Å². The molecule has 1 aromatic carbocycles. The van der Waals surface area contributed by atoms with Gasteiger partial charge in [-0.15, -0.1) is 0 Å². The van der Waals surface area contributed by atoms with Crippen LogP contribution in [0.5, 0.6) is 0 Å². The highest BCUT2D eigenvalue weighted by atomic mass is 35.5. The van der Waals surface area contributed by atoms with Gasteiger partial charge >= 0.3 is 0 Å². The van der Waals surface area contributed by atoms with Crippen LogP contribution >= 0.6 is 35.1 Å². The van der Waals surface area contributed by atoms with Crippen molar-refractivity contribution >= 4 is 63.2 Å². The molecule has 2 aliphatic rings. The molecular formula is C20H11ClN4O3S2. The molecule has 0 atom stereocenters. The fraction of sp³-hybridized carbons (Fsp3) is 0. The molecule has 0 saturated carbocycles. The fourth-order valence-corrected chi connectivity index (χ4v) is 4.48. The van der Waals surface area contributed by atoms with Gasteiger partial charge in [-0.05, 0) is 66.4 Å². The largest absolute Gasteiger partial charge is 0.462 e. The first-order chi connectivity index (χ1) is 14.6. The Morgan fingerprint density at radius 2 is 2.00 bits per heavy atom. The smallest absolute Gasteiger partial charge is 0.283 e. The number of amides is 1. The number of thioether (sulfide) groups is 1. The van der Waals surface area contributed by atoms with Gasteiger partial charge in [0, 0.05) is 9.92 Å². The molecule has 0 spiro atoms. The minimum absolute atomic E-state index is 0.0673. The molecule has 10 heteroatoms. The number of halogens is 1. The summed E-state index contributed by atoms with van der Waals surface area (Å²) in [6, 6.07) is 14.4. The predicted octanol–water partition coefficient (Wildman–Crippen LogP) is 5.34. The maximum atomic E-state index is 12.5. The van der Waals surface area contributed by atoms with Crippen LogP contribution in [0.2, 0.25) is 5.02 Å². The predicted molar refractivity (Wildman–Crippen MR) is 117 cm³/mol. The van der Waals surface area contributed by atoms with Crippen LogP contribution in [0, 0.1) is 5.41 Å². The standard InChI is InChI=1S/C20H11ClN4O3S2/c21-11-3-6-13(7-4-11)29-16-8-5-12(28-16)10-14-17(22)25-20(23-18(14)26)30-19(24-25)15-2-1-9-27-15/h1-10,22H. The van der Waals surface area contributed by atoms with E-state index in [0.717, 1.165) is 4.90 Å². The van der Waals surface area contributed by atoms with Gasteiger partial charge in [0.2, 0.25) is 5.17 Å². The summed E-state index contributed by atoms with van der Waals surface area (Å²) in [6.07, 6.45) is 3.04. The molecule has 5 rings (SSSR count). The van der Waals surface area contributed by atoms with Crippen LogP contribution < -0.4 is 0 Å². The third-order valence-electron chi connectivity index (χ3n) is 4.11. The van der Waals surface area contributed by atoms with Crippen molar-refractivity contribution in [2.45, 2.75) is 9.99 Å². The van der Waals surface area contributed by atoms with Crippen molar-refractivity contribution in [3.63, 3.8) is 0 Å². The average molecular weight is 455 g/mol. The number of furan rings is 2. The van der Waals surface area contributed by atoms with E-state index in [1.165, 1.54) is 40.9 Å². The second kappa shape index (κ2) is 7.67. The second-order valence-corrected chi connectivity index (χ2v) is 8.59. The second-order valence-electron chi connectivity index (χ2n) is 6.12. The van der Waals surface area contributed by atoms with E-state index in [0.29, 0.717) is 31.8 Å². The van der Waals surface area contributed by atoms with E-state index in [1.807, 2.05) is 12.1 Å². The summed E-state index contributed by atoms with van der Waals surface area (Å²) in [6.45, 7) is 0. The van der Waals surface area contributed by atoms with Crippen molar-refractivity contribution in [1.29, 1.82) is 5.41 Å². The number of carbonyl (C=O) groups excluding carboxylic acids is 1. The van der Waals surface area contributed by atoms with Gasteiger partial charge in [-0.3, -0.25) is 10.2 Å². The molecule has 0 saturated heterocycles. The summed E-state index contributed by atoms with van der Waals surface area (Å²) in [5, 5.41) is 16.3. The van der Waals surface area contributed by atoms with Crippen LogP contribution in [0.1, 0.15) is 11.5 Å². The summed E-state index contributed by atoms with van der Waals surface area (Å²) in [5.74, 6) is 0.415. The molecule has 0 unspecified atom stereocenters. The number of nitrogens with one attached hydrogen (secondary N) is 1. The van der Waals surface area contributed by atoms with Crippen LogP contribution in [-0.4, -0.2) is 27.0 Å². The molecule has 2 aromatic heterocycles. The highest BCUT2D eigenvalue weighted by molar-refractivity contribution is 8.27. The van der Waals surface area contributed by atoms with Gasteiger partial charge in [0.15, 0.2) is 21.7 Å². The lowest BCUT2D eigenvalue weighted by molar-refractivity contribution is -0.114. The molecule has 4 heterocycles. The third-order valence-corrected chi connectivity index (χ3v) is 6.21. The Kier molecular flexibility index (Phi) is 4.86. The normalized spacial score (nSPS) is 17.4. The van der Waals surface area contributed by atoms with E-state index >= 15 is 0 Å². The van der Waals surface area contributed by atoms with Crippen molar-refractivity contribution in [2.24, 2.45) is 10.1 Å². The zero-order valence-corrected chi connectivity index (χ0v) is 17.4. The average Bonchev–Trinajstić information content (AvgIpc) is 3.47. The van der Waals surface area contributed by atoms with Gasteiger partial charge in [-0.25, -0.2) is 0 Å². The molecule has 1 amide bonds. The monoisotopic (exact) mass is 454 g/mol. The first kappa shape index (κ1) is 19.0. The van der Waals surface area contributed by atoms with Crippen LogP contribution in [0.25, 0.3) is 6.08 Å². The Balaban J connectivity index is 1.38. The van der Waals surface area contributed by atoms with Crippen molar-refractivity contribution in [1.82, 2.24) is 5.01 Å². The molecule has 7 nitrogen and oxygen atoms in total. The lowest BCUT2D eigenvalue weighted by Gasteiger charge is -2.19. The molecular weight excluding hydrogens is 444 g/mol. The van der Waals surface area contributed by atoms with Gasteiger partial charge < -0.3 is 8.83 Å². The SMILES string of the molecule is N=C1C(=Cc2ccc(Sc3ccc(Cl)cc3)o2)C(=O)N=C2SC(c3ccco3)=NN12. The highest BCUT2D eigenvalue weighted by Crippen LogP contribution is 2.33. The lowest BCUT2D eigenvalue weighted by atomic mass is 10.1. The van der Waals surface area contributed by atoms with Gasteiger partial charge in [0.1, 0.15) is 5.76 Å². The van der Waals surface area contributed by atoms with E-state index in [9.17, 15) is 4.79 Å². The molecule has 1 N–H and O–H groups in total. The highest BCUT2D eigenvalue weighted by Gasteiger charge is 2.36. The van der Waals surface area contributed by atoms with E-state index < -0.39 is 5.91 Å². The number of carbonyl (C=O) groups is 1. The van der Waals surface area contributed by atoms with Gasteiger partial charge in [0.05, 0.1) is 11.8 Å². The number of hydrogen-bond acceptors (Lipinski definition) is 7. The number of aliphatic imine (C=N–C) groups is 1. The van der Waals surface area contributed by atoms with Crippen molar-refractivity contribution < 1.29 is 13.6 Å². The van der Waals surface area contributed by atoms with E-state index in [4.69, 9.17) is 25.8 Å². The maximum Gasteiger partial charge on any atom is 0.283 e. The zero-order valence-electron chi connectivity index (χ0n) is 15.0. The molecule has 2 aliphatic heterocycles. The van der Waals surface area contributed by atoms with Crippen LogP contribution in [0.3, 0.4) is 0 Å². The quantitative estimate of drug-likeness (QED) is 0.534. The summed E-state index contributed by atoms with van der Waals surface area (Å²) in [5.41, 5.74) is 0.0983. The number of hydrogen-bond donors (Lipinski definition) is 1. The molecule has 148 valence electrons. The Hall–Kier alpha value is -3.01. The molecule has 0 bridgehead atoms. The Morgan fingerprint density at radius 1 is 1.17 bits per heavy atom. The molecule has 3 aromatic rings. The van der Waals surface area contributed by atoms with Gasteiger partial charge in [-0.1, -0.05) is 23.4 Å². The summed E-state index contributed by atoms with van der Waals surface area (Å²) >= 11 is 8.52. The molecule has 0 aliphatic carbocycles. The molecule has 0 radical (unpaired) electrons. The van der Waals surface area contributed by atoms with Gasteiger partial charge in [-0.2, -0.15) is 15.1 Å². The fourth-order valence-electron chi connectivity index (χ4n) is 2.72. The van der Waals surface area contributed by atoms with Crippen LogP contribution in [-0.2, 0) is 4.79 Å². The van der Waals surface area contributed by atoms with E-state index in [2.05, 4.69) is 10.1 Å². The zero-order chi connectivity index (χ0) is 20.7. The third kappa shape index (κ3) is 3.62. The first-order valence-electron chi connectivity index (χ1n) is 8.64. The number of hydrazone groups is 1. The summed E-state index contributed by atoms with van der Waals surface area (Å²) < 4.78 is 11.1. The minimum atomic E-state index is -0.516. The maximum absolute atomic E-state index is 12.5. The Bertz CT molecular complexity index is 1240. The number of fused-ring (bicyclic) bond motifs is 1. The summed E-state index contributed by atoms with van der Waals surface area (Å²) in [7, 11) is 0. The summed E-state index contributed by atoms with van der Waals surface area (Å²) in [4.78, 5) is 17.5. The van der Waals surface area contributed by atoms with Crippen molar-refractivity contribution in [3.8, 4) is 0 Å². The lowest BCUT2D eigenvalue weighted by Crippen LogP contribution is -2.35. The first-order valence-corrected chi connectivity index (χ1v) is 10.7. The Labute approximate surface area is 184 Å². The number of amidine groups is 2. The topological polar surface area (TPSA) is 95.2 Å². The van der Waals surface area contributed by atoms with E-state index in [1.54, 1.807) is 36.4 Å². The Morgan fingerprint density at radius 3 is 2.77 bits per heavy atom. The van der Waals surface area contributed by atoms with Crippen molar-refractivity contribution in [3.05, 3.63) is 76.9 Å². The van der Waals surface area contributed by atoms with Gasteiger partial charge in [0.25, 0.3) is 5.91 Å². The van der Waals surface area contributed by atoms with Crippen LogP contribution in [0.15, 0.2) is 89.3 Å². The molecule has 0 fully saturated rings. The number of benzene rings is 1. The number of rotatable bonds is 4. The van der Waals surface area contributed by atoms with Crippen molar-refractivity contribution in [2.75, 3.05) is 0 Å². The minimum Gasteiger partial charge on any atom is -0.462 e. The van der Waals surface area contributed by atoms with E-state index in [-0.39, 0.29) is 11.4 Å².